The van der Waals surface area contributed by atoms with Gasteiger partial charge in [0.1, 0.15) is 5.15 Å². The van der Waals surface area contributed by atoms with Crippen LogP contribution in [-0.2, 0) is 5.75 Å². The number of pyridine rings is 1. The first kappa shape index (κ1) is 12.8. The molecule has 0 aliphatic carbocycles. The summed E-state index contributed by atoms with van der Waals surface area (Å²) in [5.41, 5.74) is 4.86. The number of aromatic nitrogens is 1. The minimum absolute atomic E-state index is 0.345. The van der Waals surface area contributed by atoms with Gasteiger partial charge in [-0.25, -0.2) is 4.98 Å². The van der Waals surface area contributed by atoms with Gasteiger partial charge in [0.05, 0.1) is 17.9 Å². The van der Waals surface area contributed by atoms with E-state index in [0.717, 1.165) is 22.8 Å². The van der Waals surface area contributed by atoms with Crippen LogP contribution in [0.25, 0.3) is 0 Å². The Labute approximate surface area is 122 Å². The number of benzene rings is 1. The quantitative estimate of drug-likeness (QED) is 0.828. The zero-order chi connectivity index (χ0) is 13.2. The van der Waals surface area contributed by atoms with E-state index in [9.17, 15) is 0 Å². The molecule has 0 radical (unpaired) electrons. The van der Waals surface area contributed by atoms with E-state index < -0.39 is 0 Å². The van der Waals surface area contributed by atoms with E-state index in [4.69, 9.17) is 11.6 Å². The molecule has 0 amide bonds. The molecule has 1 aromatic heterocycles. The minimum atomic E-state index is 0.345. The van der Waals surface area contributed by atoms with Crippen molar-refractivity contribution in [1.29, 1.82) is 0 Å². The normalized spacial score (nSPS) is 17.9. The van der Waals surface area contributed by atoms with Gasteiger partial charge < -0.3 is 5.32 Å². The molecule has 2 heterocycles. The SMILES string of the molecule is Cc1cc(NC2CSCc3ccccc32)cnc1Cl. The maximum absolute atomic E-state index is 5.96. The predicted octanol–water partition coefficient (Wildman–Crippen LogP) is 4.44. The monoisotopic (exact) mass is 290 g/mol. The highest BCUT2D eigenvalue weighted by molar-refractivity contribution is 7.98. The highest BCUT2D eigenvalue weighted by Gasteiger charge is 2.19. The molecular weight excluding hydrogens is 276 g/mol. The summed E-state index contributed by atoms with van der Waals surface area (Å²) in [7, 11) is 0. The second kappa shape index (κ2) is 5.43. The summed E-state index contributed by atoms with van der Waals surface area (Å²) in [5.74, 6) is 2.19. The van der Waals surface area contributed by atoms with Crippen LogP contribution in [0.5, 0.6) is 0 Å². The zero-order valence-corrected chi connectivity index (χ0v) is 12.3. The zero-order valence-electron chi connectivity index (χ0n) is 10.7. The van der Waals surface area contributed by atoms with Crippen LogP contribution in [0.4, 0.5) is 5.69 Å². The lowest BCUT2D eigenvalue weighted by Gasteiger charge is -2.26. The number of aryl methyl sites for hydroxylation is 1. The maximum Gasteiger partial charge on any atom is 0.132 e. The van der Waals surface area contributed by atoms with Crippen LogP contribution in [0.1, 0.15) is 22.7 Å². The van der Waals surface area contributed by atoms with Crippen LogP contribution >= 0.6 is 23.4 Å². The lowest BCUT2D eigenvalue weighted by atomic mass is 10.0. The Hall–Kier alpha value is -1.19. The van der Waals surface area contributed by atoms with Gasteiger partial charge in [0.15, 0.2) is 0 Å². The van der Waals surface area contributed by atoms with Crippen molar-refractivity contribution in [3.63, 3.8) is 0 Å². The molecule has 2 aromatic rings. The molecule has 3 rings (SSSR count). The third kappa shape index (κ3) is 2.72. The van der Waals surface area contributed by atoms with Crippen LogP contribution in [0, 0.1) is 6.92 Å². The third-order valence-corrected chi connectivity index (χ3v) is 4.81. The van der Waals surface area contributed by atoms with Gasteiger partial charge in [-0.15, -0.1) is 0 Å². The van der Waals surface area contributed by atoms with E-state index in [1.165, 1.54) is 11.1 Å². The first-order chi connectivity index (χ1) is 9.24. The first-order valence-corrected chi connectivity index (χ1v) is 7.81. The van der Waals surface area contributed by atoms with Gasteiger partial charge in [-0.1, -0.05) is 35.9 Å². The summed E-state index contributed by atoms with van der Waals surface area (Å²) >= 11 is 7.92. The van der Waals surface area contributed by atoms with Gasteiger partial charge in [-0.2, -0.15) is 11.8 Å². The Morgan fingerprint density at radius 1 is 1.37 bits per heavy atom. The molecule has 0 saturated heterocycles. The number of anilines is 1. The Balaban J connectivity index is 1.86. The Morgan fingerprint density at radius 3 is 3.05 bits per heavy atom. The molecule has 4 heteroatoms. The number of thioether (sulfide) groups is 1. The number of nitrogens with one attached hydrogen (secondary N) is 1. The topological polar surface area (TPSA) is 24.9 Å². The largest absolute Gasteiger partial charge is 0.376 e. The van der Waals surface area contributed by atoms with Crippen molar-refractivity contribution in [2.24, 2.45) is 0 Å². The summed E-state index contributed by atoms with van der Waals surface area (Å²) in [6, 6.07) is 11.0. The molecule has 1 atom stereocenters. The van der Waals surface area contributed by atoms with Gasteiger partial charge in [-0.05, 0) is 29.7 Å². The Kier molecular flexibility index (Phi) is 3.67. The molecule has 2 nitrogen and oxygen atoms in total. The van der Waals surface area contributed by atoms with Crippen molar-refractivity contribution >= 4 is 29.1 Å². The van der Waals surface area contributed by atoms with E-state index >= 15 is 0 Å². The Bertz CT molecular complexity index is 600. The van der Waals surface area contributed by atoms with Gasteiger partial charge in [0.25, 0.3) is 0 Å². The summed E-state index contributed by atoms with van der Waals surface area (Å²) in [5, 5.41) is 4.14. The summed E-state index contributed by atoms with van der Waals surface area (Å²) in [6.45, 7) is 1.98. The highest BCUT2D eigenvalue weighted by atomic mass is 35.5. The number of fused-ring (bicyclic) bond motifs is 1. The fourth-order valence-corrected chi connectivity index (χ4v) is 3.54. The van der Waals surface area contributed by atoms with E-state index in [2.05, 4.69) is 40.6 Å². The second-order valence-electron chi connectivity index (χ2n) is 4.74. The van der Waals surface area contributed by atoms with Crippen LogP contribution in [0.15, 0.2) is 36.5 Å². The second-order valence-corrected chi connectivity index (χ2v) is 6.13. The molecular formula is C15H15ClN2S. The molecule has 98 valence electrons. The van der Waals surface area contributed by atoms with Crippen molar-refractivity contribution < 1.29 is 0 Å². The van der Waals surface area contributed by atoms with E-state index in [-0.39, 0.29) is 0 Å². The lowest BCUT2D eigenvalue weighted by Crippen LogP contribution is -2.18. The van der Waals surface area contributed by atoms with E-state index in [1.807, 2.05) is 18.7 Å². The van der Waals surface area contributed by atoms with Gasteiger partial charge in [0.2, 0.25) is 0 Å². The number of nitrogens with zero attached hydrogens (tertiary/aromatic N) is 1. The fraction of sp³-hybridized carbons (Fsp3) is 0.267. The van der Waals surface area contributed by atoms with Gasteiger partial charge in [0, 0.05) is 11.5 Å². The molecule has 0 spiro atoms. The molecule has 1 aliphatic heterocycles. The van der Waals surface area contributed by atoms with Crippen LogP contribution in [-0.4, -0.2) is 10.7 Å². The number of hydrogen-bond donors (Lipinski definition) is 1. The summed E-state index contributed by atoms with van der Waals surface area (Å²) < 4.78 is 0. The van der Waals surface area contributed by atoms with Crippen molar-refractivity contribution in [1.82, 2.24) is 4.98 Å². The van der Waals surface area contributed by atoms with E-state index in [1.54, 1.807) is 6.20 Å². The number of hydrogen-bond acceptors (Lipinski definition) is 3. The van der Waals surface area contributed by atoms with Crippen LogP contribution in [0.3, 0.4) is 0 Å². The molecule has 1 unspecified atom stereocenters. The fourth-order valence-electron chi connectivity index (χ4n) is 2.34. The number of halogens is 1. The number of rotatable bonds is 2. The molecule has 1 aromatic carbocycles. The molecule has 19 heavy (non-hydrogen) atoms. The van der Waals surface area contributed by atoms with Gasteiger partial charge in [-0.3, -0.25) is 0 Å². The lowest BCUT2D eigenvalue weighted by molar-refractivity contribution is 0.869. The van der Waals surface area contributed by atoms with Crippen molar-refractivity contribution in [2.75, 3.05) is 11.1 Å². The standard InChI is InChI=1S/C15H15ClN2S/c1-10-6-12(7-17-15(10)16)18-14-9-19-8-11-4-2-3-5-13(11)14/h2-7,14,18H,8-9H2,1H3. The maximum atomic E-state index is 5.96. The third-order valence-electron chi connectivity index (χ3n) is 3.33. The minimum Gasteiger partial charge on any atom is -0.376 e. The molecule has 0 saturated carbocycles. The molecule has 0 bridgehead atoms. The first-order valence-electron chi connectivity index (χ1n) is 6.28. The predicted molar refractivity (Wildman–Crippen MR) is 83.0 cm³/mol. The van der Waals surface area contributed by atoms with Gasteiger partial charge >= 0.3 is 0 Å². The summed E-state index contributed by atoms with van der Waals surface area (Å²) in [6.07, 6.45) is 1.80. The molecule has 1 aliphatic rings. The average molecular weight is 291 g/mol. The van der Waals surface area contributed by atoms with Crippen molar-refractivity contribution in [3.8, 4) is 0 Å². The summed E-state index contributed by atoms with van der Waals surface area (Å²) in [4.78, 5) is 4.20. The Morgan fingerprint density at radius 2 is 2.21 bits per heavy atom. The average Bonchev–Trinajstić information content (AvgIpc) is 2.43. The molecule has 1 N–H and O–H groups in total. The van der Waals surface area contributed by atoms with Crippen LogP contribution in [0.2, 0.25) is 5.15 Å². The smallest absolute Gasteiger partial charge is 0.132 e. The van der Waals surface area contributed by atoms with Crippen molar-refractivity contribution in [2.45, 2.75) is 18.7 Å². The molecule has 0 fully saturated rings. The van der Waals surface area contributed by atoms with E-state index in [0.29, 0.717) is 11.2 Å². The van der Waals surface area contributed by atoms with Crippen molar-refractivity contribution in [3.05, 3.63) is 58.4 Å². The highest BCUT2D eigenvalue weighted by Crippen LogP contribution is 2.33. The van der Waals surface area contributed by atoms with Crippen LogP contribution < -0.4 is 5.32 Å².